The summed E-state index contributed by atoms with van der Waals surface area (Å²) in [6.45, 7) is 4.93. The quantitative estimate of drug-likeness (QED) is 0.326. The van der Waals surface area contributed by atoms with Crippen LogP contribution in [0.4, 0.5) is 10.1 Å². The van der Waals surface area contributed by atoms with Crippen LogP contribution in [0.25, 0.3) is 0 Å². The van der Waals surface area contributed by atoms with Crippen molar-refractivity contribution in [2.24, 2.45) is 17.8 Å². The Hall–Kier alpha value is -3.01. The van der Waals surface area contributed by atoms with E-state index in [2.05, 4.69) is 0 Å². The highest BCUT2D eigenvalue weighted by atomic mass is 35.5. The van der Waals surface area contributed by atoms with Gasteiger partial charge in [-0.2, -0.15) is 0 Å². The average Bonchev–Trinajstić information content (AvgIpc) is 3.51. The zero-order chi connectivity index (χ0) is 28.9. The number of imide groups is 2. The lowest BCUT2D eigenvalue weighted by Gasteiger charge is -2.49. The lowest BCUT2D eigenvalue weighted by molar-refractivity contribution is -0.145. The number of carbonyl (C=O) groups excluding carboxylic acids is 4. The van der Waals surface area contributed by atoms with Crippen molar-refractivity contribution in [2.45, 2.75) is 61.4 Å². The SMILES string of the molecule is CC(C)(C)N1C(=O)C2CC=C3C(CC4(Cl)C(=O)N(c5ccc(F)cc5)C(=O)C4(Cl)C3c3ccc(CO)o3)C2C1=O. The molecular weight excluding hydrogens is 562 g/mol. The number of allylic oxidation sites excluding steroid dienone is 2. The Bertz CT molecular complexity index is 1500. The molecule has 3 fully saturated rings. The number of aliphatic hydroxyl groups excluding tert-OH is 1. The molecule has 1 aromatic heterocycles. The molecule has 6 rings (SSSR count). The van der Waals surface area contributed by atoms with Gasteiger partial charge < -0.3 is 9.52 Å². The van der Waals surface area contributed by atoms with Crippen molar-refractivity contribution >= 4 is 52.5 Å². The largest absolute Gasteiger partial charge is 0.463 e. The van der Waals surface area contributed by atoms with Gasteiger partial charge in [0.2, 0.25) is 11.8 Å². The first kappa shape index (κ1) is 27.2. The molecule has 40 heavy (non-hydrogen) atoms. The van der Waals surface area contributed by atoms with Gasteiger partial charge in [0.25, 0.3) is 11.8 Å². The topological polar surface area (TPSA) is 108 Å². The molecule has 11 heteroatoms. The minimum absolute atomic E-state index is 0.0981. The highest BCUT2D eigenvalue weighted by Crippen LogP contribution is 2.66. The Labute approximate surface area is 239 Å². The highest BCUT2D eigenvalue weighted by Gasteiger charge is 2.77. The van der Waals surface area contributed by atoms with Crippen LogP contribution >= 0.6 is 23.2 Å². The van der Waals surface area contributed by atoms with E-state index in [-0.39, 0.29) is 41.9 Å². The number of rotatable bonds is 3. The van der Waals surface area contributed by atoms with E-state index >= 15 is 0 Å². The molecule has 0 spiro atoms. The molecule has 2 saturated heterocycles. The lowest BCUT2D eigenvalue weighted by atomic mass is 9.57. The van der Waals surface area contributed by atoms with Crippen molar-refractivity contribution < 1.29 is 33.1 Å². The third-order valence-corrected chi connectivity index (χ3v) is 10.1. The molecule has 2 aliphatic heterocycles. The van der Waals surface area contributed by atoms with Crippen LogP contribution in [-0.4, -0.2) is 48.9 Å². The fourth-order valence-corrected chi connectivity index (χ4v) is 7.92. The molecule has 210 valence electrons. The maximum atomic E-state index is 14.2. The summed E-state index contributed by atoms with van der Waals surface area (Å²) in [5.74, 6) is -5.62. The first-order chi connectivity index (χ1) is 18.8. The Morgan fingerprint density at radius 1 is 1.00 bits per heavy atom. The number of aliphatic hydroxyl groups is 1. The molecule has 0 radical (unpaired) electrons. The van der Waals surface area contributed by atoms with E-state index in [1.807, 2.05) is 6.08 Å². The van der Waals surface area contributed by atoms with Crippen molar-refractivity contribution in [3.05, 3.63) is 65.4 Å². The predicted molar refractivity (Wildman–Crippen MR) is 143 cm³/mol. The number of nitrogens with zero attached hydrogens (tertiary/aromatic N) is 2. The summed E-state index contributed by atoms with van der Waals surface area (Å²) in [5, 5.41) is 9.67. The van der Waals surface area contributed by atoms with Crippen LogP contribution in [0.3, 0.4) is 0 Å². The fourth-order valence-electron chi connectivity index (χ4n) is 7.01. The molecular formula is C29H27Cl2FN2O6. The summed E-state index contributed by atoms with van der Waals surface area (Å²) in [6, 6.07) is 7.91. The number of anilines is 1. The molecule has 0 bridgehead atoms. The maximum Gasteiger partial charge on any atom is 0.258 e. The van der Waals surface area contributed by atoms with Gasteiger partial charge in [-0.3, -0.25) is 24.1 Å². The highest BCUT2D eigenvalue weighted by molar-refractivity contribution is 6.58. The van der Waals surface area contributed by atoms with Crippen LogP contribution in [0.15, 0.2) is 52.5 Å². The van der Waals surface area contributed by atoms with Crippen LogP contribution in [-0.2, 0) is 25.8 Å². The van der Waals surface area contributed by atoms with E-state index in [9.17, 15) is 28.7 Å². The summed E-state index contributed by atoms with van der Waals surface area (Å²) in [4.78, 5) is 53.5. The third-order valence-electron chi connectivity index (χ3n) is 8.69. The van der Waals surface area contributed by atoms with Crippen LogP contribution < -0.4 is 4.90 Å². The van der Waals surface area contributed by atoms with Gasteiger partial charge in [0.15, 0.2) is 9.75 Å². The van der Waals surface area contributed by atoms with Crippen molar-refractivity contribution in [3.63, 3.8) is 0 Å². The van der Waals surface area contributed by atoms with Gasteiger partial charge in [-0.1, -0.05) is 11.6 Å². The fraction of sp³-hybridized carbons (Fsp3) is 0.448. The summed E-state index contributed by atoms with van der Waals surface area (Å²) < 4.78 is 19.6. The Kier molecular flexibility index (Phi) is 5.94. The number of hydrogen-bond donors (Lipinski definition) is 1. The van der Waals surface area contributed by atoms with Crippen LogP contribution in [0, 0.1) is 23.6 Å². The first-order valence-corrected chi connectivity index (χ1v) is 13.8. The molecule has 2 aromatic rings. The van der Waals surface area contributed by atoms with E-state index in [1.54, 1.807) is 26.8 Å². The number of hydrogen-bond acceptors (Lipinski definition) is 6. The Morgan fingerprint density at radius 2 is 1.68 bits per heavy atom. The summed E-state index contributed by atoms with van der Waals surface area (Å²) in [5.41, 5.74) is -0.0733. The molecule has 3 heterocycles. The second kappa shape index (κ2) is 8.74. The monoisotopic (exact) mass is 588 g/mol. The third kappa shape index (κ3) is 3.40. The van der Waals surface area contributed by atoms with E-state index in [1.165, 1.54) is 23.1 Å². The minimum atomic E-state index is -2.07. The van der Waals surface area contributed by atoms with Crippen LogP contribution in [0.2, 0.25) is 0 Å². The Balaban J connectivity index is 1.54. The number of alkyl halides is 2. The molecule has 1 saturated carbocycles. The molecule has 6 unspecified atom stereocenters. The predicted octanol–water partition coefficient (Wildman–Crippen LogP) is 4.27. The van der Waals surface area contributed by atoms with Gasteiger partial charge in [0, 0.05) is 5.54 Å². The summed E-state index contributed by atoms with van der Waals surface area (Å²) >= 11 is 14.5. The zero-order valence-electron chi connectivity index (χ0n) is 22.0. The number of amides is 4. The molecule has 6 atom stereocenters. The van der Waals surface area contributed by atoms with Gasteiger partial charge in [0.05, 0.1) is 23.4 Å². The standard InChI is InChI=1S/C29H27Cl2FN2O6/c1-27(2,3)34-23(36)18-10-9-17-19(21(18)24(34)37)12-28(30)25(38)33(15-6-4-14(32)5-7-15)26(39)29(28,31)22(17)20-11-8-16(13-35)40-20/h4-9,11,18-19,21-22,35H,10,12-13H2,1-3H3. The zero-order valence-corrected chi connectivity index (χ0v) is 23.5. The molecule has 8 nitrogen and oxygen atoms in total. The number of fused-ring (bicyclic) bond motifs is 4. The van der Waals surface area contributed by atoms with Gasteiger partial charge in [-0.15, -0.1) is 23.2 Å². The second-order valence-electron chi connectivity index (χ2n) is 11.9. The normalized spacial score (nSPS) is 33.7. The molecule has 2 aliphatic carbocycles. The summed E-state index contributed by atoms with van der Waals surface area (Å²) in [6.07, 6.45) is 1.88. The summed E-state index contributed by atoms with van der Waals surface area (Å²) in [7, 11) is 0. The number of furan rings is 1. The Morgan fingerprint density at radius 3 is 2.27 bits per heavy atom. The molecule has 1 aromatic carbocycles. The number of benzene rings is 1. The van der Waals surface area contributed by atoms with Crippen molar-refractivity contribution in [1.82, 2.24) is 4.90 Å². The molecule has 1 N–H and O–H groups in total. The van der Waals surface area contributed by atoms with Crippen molar-refractivity contribution in [1.29, 1.82) is 0 Å². The molecule has 4 aliphatic rings. The minimum Gasteiger partial charge on any atom is -0.463 e. The average molecular weight is 589 g/mol. The van der Waals surface area contributed by atoms with Gasteiger partial charge in [0.1, 0.15) is 23.9 Å². The molecule has 4 amide bonds. The maximum absolute atomic E-state index is 14.2. The van der Waals surface area contributed by atoms with Gasteiger partial charge in [-0.25, -0.2) is 9.29 Å². The number of likely N-dealkylation sites (tertiary alicyclic amines) is 1. The van der Waals surface area contributed by atoms with E-state index in [0.29, 0.717) is 5.57 Å². The van der Waals surface area contributed by atoms with Crippen LogP contribution in [0.1, 0.15) is 51.1 Å². The van der Waals surface area contributed by atoms with E-state index < -0.39 is 63.2 Å². The lowest BCUT2D eigenvalue weighted by Crippen LogP contribution is -2.60. The van der Waals surface area contributed by atoms with Crippen molar-refractivity contribution in [3.8, 4) is 0 Å². The van der Waals surface area contributed by atoms with E-state index in [4.69, 9.17) is 27.6 Å². The number of carbonyl (C=O) groups is 4. The van der Waals surface area contributed by atoms with Crippen molar-refractivity contribution in [2.75, 3.05) is 4.90 Å². The smallest absolute Gasteiger partial charge is 0.258 e. The first-order valence-electron chi connectivity index (χ1n) is 13.1. The van der Waals surface area contributed by atoms with Crippen LogP contribution in [0.5, 0.6) is 0 Å². The van der Waals surface area contributed by atoms with Gasteiger partial charge in [-0.05, 0) is 75.9 Å². The van der Waals surface area contributed by atoms with E-state index in [0.717, 1.165) is 17.0 Å². The number of halogens is 3. The van der Waals surface area contributed by atoms with Gasteiger partial charge >= 0.3 is 0 Å². The second-order valence-corrected chi connectivity index (χ2v) is 13.1.